The number of allylic oxidation sites excluding steroid dienone is 2. The van der Waals surface area contributed by atoms with Crippen molar-refractivity contribution < 1.29 is 18.8 Å². The van der Waals surface area contributed by atoms with Gasteiger partial charge in [0.15, 0.2) is 5.78 Å². The highest BCUT2D eigenvalue weighted by atomic mass is 32.2. The molecule has 1 aliphatic rings. The van der Waals surface area contributed by atoms with Gasteiger partial charge in [0.25, 0.3) is 9.04 Å². The summed E-state index contributed by atoms with van der Waals surface area (Å²) in [6.45, 7) is 12.6. The maximum absolute atomic E-state index is 12.5. The summed E-state index contributed by atoms with van der Waals surface area (Å²) in [5.74, 6) is 2.02. The molecule has 0 aromatic rings. The van der Waals surface area contributed by atoms with E-state index in [2.05, 4.69) is 33.9 Å². The fraction of sp³-hybridized carbons (Fsp3) is 0.789. The van der Waals surface area contributed by atoms with Crippen molar-refractivity contribution in [3.05, 3.63) is 10.7 Å². The largest absolute Gasteiger partial charge is 0.544 e. The van der Waals surface area contributed by atoms with Crippen LogP contribution in [-0.2, 0) is 18.8 Å². The summed E-state index contributed by atoms with van der Waals surface area (Å²) < 4.78 is 10.9. The first kappa shape index (κ1) is 22.3. The lowest BCUT2D eigenvalue weighted by Crippen LogP contribution is -2.24. The average molecular weight is 386 g/mol. The predicted molar refractivity (Wildman–Crippen MR) is 106 cm³/mol. The number of ether oxygens (including phenoxy) is 1. The van der Waals surface area contributed by atoms with Gasteiger partial charge in [-0.25, -0.2) is 0 Å². The maximum atomic E-state index is 12.5. The third-order valence-electron chi connectivity index (χ3n) is 4.42. The topological polar surface area (TPSA) is 52.6 Å². The highest BCUT2D eigenvalue weighted by Gasteiger charge is 2.40. The Labute approximate surface area is 158 Å². The standard InChI is InChI=1S/C19H33O4SSi/c1-13(18(21)22-5)10-8-9-11-24-17-15(20)12-14(19(2,3)4)16(17)23-25(6)7/h13-14H,8-12H2,1-7H3. The molecular weight excluding hydrogens is 352 g/mol. The van der Waals surface area contributed by atoms with E-state index >= 15 is 0 Å². The fourth-order valence-corrected chi connectivity index (χ4v) is 4.78. The number of Topliss-reactive ketones (excluding diaryl/α,β-unsaturated/α-hetero) is 1. The molecule has 0 bridgehead atoms. The summed E-state index contributed by atoms with van der Waals surface area (Å²) in [6.07, 6.45) is 3.33. The minimum absolute atomic E-state index is 0.0283. The number of methoxy groups -OCH3 is 1. The van der Waals surface area contributed by atoms with Crippen LogP contribution in [0.5, 0.6) is 0 Å². The third-order valence-corrected chi connectivity index (χ3v) is 6.26. The molecule has 0 heterocycles. The van der Waals surface area contributed by atoms with E-state index < -0.39 is 9.04 Å². The number of hydrogen-bond acceptors (Lipinski definition) is 5. The summed E-state index contributed by atoms with van der Waals surface area (Å²) in [6, 6.07) is 0. The number of thioether (sulfide) groups is 1. The third kappa shape index (κ3) is 6.81. The van der Waals surface area contributed by atoms with E-state index in [-0.39, 0.29) is 29.0 Å². The van der Waals surface area contributed by atoms with Crippen LogP contribution in [0.1, 0.15) is 53.4 Å². The summed E-state index contributed by atoms with van der Waals surface area (Å²) in [7, 11) is 0.530. The van der Waals surface area contributed by atoms with Crippen LogP contribution in [0.2, 0.25) is 13.1 Å². The molecule has 2 unspecified atom stereocenters. The zero-order valence-electron chi connectivity index (χ0n) is 16.7. The number of carbonyl (C=O) groups excluding carboxylic acids is 2. The van der Waals surface area contributed by atoms with E-state index in [4.69, 9.17) is 9.16 Å². The quantitative estimate of drug-likeness (QED) is 0.324. The van der Waals surface area contributed by atoms with Crippen LogP contribution in [0.4, 0.5) is 0 Å². The number of rotatable bonds is 9. The zero-order chi connectivity index (χ0) is 19.2. The van der Waals surface area contributed by atoms with Gasteiger partial charge in [0, 0.05) is 12.3 Å². The van der Waals surface area contributed by atoms with Crippen LogP contribution >= 0.6 is 11.8 Å². The Kier molecular flexibility index (Phi) is 8.75. The van der Waals surface area contributed by atoms with E-state index in [0.29, 0.717) is 6.42 Å². The number of carbonyl (C=O) groups is 2. The molecule has 143 valence electrons. The van der Waals surface area contributed by atoms with Gasteiger partial charge in [-0.05, 0) is 37.1 Å². The van der Waals surface area contributed by atoms with Crippen LogP contribution in [0.3, 0.4) is 0 Å². The summed E-state index contributed by atoms with van der Waals surface area (Å²) in [4.78, 5) is 24.8. The number of unbranched alkanes of at least 4 members (excludes halogenated alkanes) is 1. The van der Waals surface area contributed by atoms with Crippen LogP contribution in [0, 0.1) is 17.3 Å². The molecule has 1 rings (SSSR count). The normalized spacial score (nSPS) is 19.5. The van der Waals surface area contributed by atoms with Crippen molar-refractivity contribution in [2.75, 3.05) is 12.9 Å². The number of ketones is 1. The van der Waals surface area contributed by atoms with Gasteiger partial charge in [-0.3, -0.25) is 9.59 Å². The lowest BCUT2D eigenvalue weighted by molar-refractivity contribution is -0.145. The van der Waals surface area contributed by atoms with E-state index in [1.807, 2.05) is 6.92 Å². The maximum Gasteiger partial charge on any atom is 0.308 e. The first-order valence-corrected chi connectivity index (χ1v) is 12.4. The van der Waals surface area contributed by atoms with Crippen molar-refractivity contribution in [3.8, 4) is 0 Å². The van der Waals surface area contributed by atoms with Crippen LogP contribution in [0.15, 0.2) is 10.7 Å². The Morgan fingerprint density at radius 3 is 2.48 bits per heavy atom. The summed E-state index contributed by atoms with van der Waals surface area (Å²) >= 11 is 1.63. The highest BCUT2D eigenvalue weighted by molar-refractivity contribution is 8.04. The Morgan fingerprint density at radius 1 is 1.32 bits per heavy atom. The van der Waals surface area contributed by atoms with Gasteiger partial charge in [-0.2, -0.15) is 0 Å². The Bertz CT molecular complexity index is 508. The van der Waals surface area contributed by atoms with Crippen molar-refractivity contribution >= 4 is 32.6 Å². The molecule has 0 aromatic carbocycles. The lowest BCUT2D eigenvalue weighted by atomic mass is 9.79. The molecule has 0 saturated carbocycles. The van der Waals surface area contributed by atoms with E-state index in [1.54, 1.807) is 11.8 Å². The van der Waals surface area contributed by atoms with Gasteiger partial charge in [0.1, 0.15) is 5.76 Å². The molecule has 0 aromatic heterocycles. The highest BCUT2D eigenvalue weighted by Crippen LogP contribution is 2.45. The second-order valence-electron chi connectivity index (χ2n) is 8.02. The monoisotopic (exact) mass is 385 g/mol. The van der Waals surface area contributed by atoms with E-state index in [9.17, 15) is 9.59 Å². The van der Waals surface area contributed by atoms with Crippen molar-refractivity contribution in [1.82, 2.24) is 0 Å². The van der Waals surface area contributed by atoms with Crippen molar-refractivity contribution in [2.45, 2.75) is 66.5 Å². The van der Waals surface area contributed by atoms with E-state index in [1.165, 1.54) is 7.11 Å². The minimum Gasteiger partial charge on any atom is -0.544 e. The van der Waals surface area contributed by atoms with Gasteiger partial charge in [-0.15, -0.1) is 11.8 Å². The van der Waals surface area contributed by atoms with Gasteiger partial charge in [-0.1, -0.05) is 34.1 Å². The van der Waals surface area contributed by atoms with E-state index in [0.717, 1.165) is 35.7 Å². The second-order valence-corrected chi connectivity index (χ2v) is 11.1. The zero-order valence-corrected chi connectivity index (χ0v) is 18.5. The Balaban J connectivity index is 2.63. The lowest BCUT2D eigenvalue weighted by Gasteiger charge is -2.29. The molecule has 4 nitrogen and oxygen atoms in total. The van der Waals surface area contributed by atoms with Crippen molar-refractivity contribution in [1.29, 1.82) is 0 Å². The molecule has 0 amide bonds. The Morgan fingerprint density at radius 2 is 1.96 bits per heavy atom. The van der Waals surface area contributed by atoms with Gasteiger partial charge < -0.3 is 9.16 Å². The van der Waals surface area contributed by atoms with Crippen molar-refractivity contribution in [3.63, 3.8) is 0 Å². The fourth-order valence-electron chi connectivity index (χ4n) is 2.90. The van der Waals surface area contributed by atoms with Crippen LogP contribution in [0.25, 0.3) is 0 Å². The molecule has 1 radical (unpaired) electrons. The first-order valence-electron chi connectivity index (χ1n) is 9.04. The SMILES string of the molecule is COC(=O)C(C)CCCCSC1=C(O[Si](C)C)C(C(C)(C)C)CC1=O. The van der Waals surface area contributed by atoms with Gasteiger partial charge in [0.05, 0.1) is 17.9 Å². The molecule has 0 saturated heterocycles. The Hall–Kier alpha value is -0.753. The minimum atomic E-state index is -0.898. The molecule has 0 N–H and O–H groups in total. The molecular formula is C19H33O4SSi. The average Bonchev–Trinajstić information content (AvgIpc) is 2.81. The molecule has 0 aliphatic heterocycles. The predicted octanol–water partition coefficient (Wildman–Crippen LogP) is 4.81. The first-order chi connectivity index (χ1) is 11.6. The van der Waals surface area contributed by atoms with Crippen LogP contribution < -0.4 is 0 Å². The summed E-state index contributed by atoms with van der Waals surface area (Å²) in [5, 5.41) is 0. The molecule has 0 spiro atoms. The summed E-state index contributed by atoms with van der Waals surface area (Å²) in [5.41, 5.74) is 0.0283. The van der Waals surface area contributed by atoms with Gasteiger partial charge >= 0.3 is 5.97 Å². The molecule has 6 heteroatoms. The molecule has 2 atom stereocenters. The van der Waals surface area contributed by atoms with Crippen molar-refractivity contribution in [2.24, 2.45) is 17.3 Å². The smallest absolute Gasteiger partial charge is 0.308 e. The molecule has 0 fully saturated rings. The number of esters is 1. The molecule has 1 aliphatic carbocycles. The second kappa shape index (κ2) is 9.81. The van der Waals surface area contributed by atoms with Crippen LogP contribution in [-0.4, -0.2) is 33.7 Å². The number of hydrogen-bond donors (Lipinski definition) is 0. The molecule has 25 heavy (non-hydrogen) atoms. The van der Waals surface area contributed by atoms with Gasteiger partial charge in [0.2, 0.25) is 0 Å².